The van der Waals surface area contributed by atoms with Crippen LogP contribution in [0.25, 0.3) is 0 Å². The van der Waals surface area contributed by atoms with E-state index in [2.05, 4.69) is 26.1 Å². The van der Waals surface area contributed by atoms with Crippen molar-refractivity contribution < 1.29 is 4.79 Å². The molecule has 1 N–H and O–H groups in total. The van der Waals surface area contributed by atoms with Crippen LogP contribution in [-0.2, 0) is 4.79 Å². The van der Waals surface area contributed by atoms with Crippen molar-refractivity contribution in [3.63, 3.8) is 0 Å². The molecule has 0 aromatic carbocycles. The second kappa shape index (κ2) is 5.60. The molecule has 1 heterocycles. The third-order valence-corrected chi connectivity index (χ3v) is 3.27. The van der Waals surface area contributed by atoms with Crippen LogP contribution in [-0.4, -0.2) is 36.5 Å². The summed E-state index contributed by atoms with van der Waals surface area (Å²) in [5.74, 6) is 0.282. The van der Waals surface area contributed by atoms with E-state index in [1.54, 1.807) is 0 Å². The van der Waals surface area contributed by atoms with Gasteiger partial charge < -0.3 is 10.2 Å². The topological polar surface area (TPSA) is 32.3 Å². The van der Waals surface area contributed by atoms with Crippen molar-refractivity contribution in [1.29, 1.82) is 0 Å². The summed E-state index contributed by atoms with van der Waals surface area (Å²) >= 11 is 0. The largest absolute Gasteiger partial charge is 0.341 e. The van der Waals surface area contributed by atoms with Gasteiger partial charge in [0.2, 0.25) is 5.91 Å². The summed E-state index contributed by atoms with van der Waals surface area (Å²) in [6.45, 7) is 15.5. The normalized spacial score (nSPS) is 22.1. The Morgan fingerprint density at radius 3 is 2.33 bits per heavy atom. The minimum atomic E-state index is -0.258. The Morgan fingerprint density at radius 1 is 1.22 bits per heavy atom. The Bertz CT molecular complexity index is 286. The van der Waals surface area contributed by atoms with E-state index < -0.39 is 0 Å². The number of carbonyl (C=O) groups is 1. The standard InChI is InChI=1S/C15H30N2O/c1-14(2,3)11-16-12-8-7-9-17(10-12)13(18)15(4,5)6/h12,16H,7-11H2,1-6H3. The highest BCUT2D eigenvalue weighted by Crippen LogP contribution is 2.21. The first-order valence-electron chi connectivity index (χ1n) is 7.12. The second-order valence-electron chi connectivity index (χ2n) is 7.78. The van der Waals surface area contributed by atoms with Crippen molar-refractivity contribution >= 4 is 5.91 Å². The molecule has 3 heteroatoms. The van der Waals surface area contributed by atoms with Gasteiger partial charge in [0.25, 0.3) is 0 Å². The molecule has 0 aromatic heterocycles. The summed E-state index contributed by atoms with van der Waals surface area (Å²) in [5.41, 5.74) is 0.0439. The lowest BCUT2D eigenvalue weighted by atomic mass is 9.92. The zero-order chi connectivity index (χ0) is 14.0. The van der Waals surface area contributed by atoms with Crippen molar-refractivity contribution in [3.05, 3.63) is 0 Å². The fourth-order valence-corrected chi connectivity index (χ4v) is 2.25. The molecule has 0 bridgehead atoms. The molecule has 0 aliphatic carbocycles. The summed E-state index contributed by atoms with van der Waals surface area (Å²) in [4.78, 5) is 14.3. The van der Waals surface area contributed by atoms with E-state index in [1.165, 1.54) is 6.42 Å². The lowest BCUT2D eigenvalue weighted by Crippen LogP contribution is -2.52. The van der Waals surface area contributed by atoms with Crippen molar-refractivity contribution in [3.8, 4) is 0 Å². The van der Waals surface area contributed by atoms with E-state index in [0.717, 1.165) is 26.1 Å². The van der Waals surface area contributed by atoms with Crippen LogP contribution >= 0.6 is 0 Å². The number of nitrogens with zero attached hydrogens (tertiary/aromatic N) is 1. The Labute approximate surface area is 112 Å². The van der Waals surface area contributed by atoms with Gasteiger partial charge in [0.05, 0.1) is 0 Å². The molecule has 1 aliphatic rings. The van der Waals surface area contributed by atoms with Crippen LogP contribution in [0.2, 0.25) is 0 Å². The van der Waals surface area contributed by atoms with E-state index in [4.69, 9.17) is 0 Å². The van der Waals surface area contributed by atoms with Gasteiger partial charge in [-0.2, -0.15) is 0 Å². The molecule has 1 unspecified atom stereocenters. The van der Waals surface area contributed by atoms with Gasteiger partial charge in [0, 0.05) is 31.1 Å². The molecule has 1 amide bonds. The first kappa shape index (κ1) is 15.5. The Kier molecular flexibility index (Phi) is 4.82. The van der Waals surface area contributed by atoms with Crippen molar-refractivity contribution in [1.82, 2.24) is 10.2 Å². The van der Waals surface area contributed by atoms with Crippen molar-refractivity contribution in [2.45, 2.75) is 60.4 Å². The number of piperidine rings is 1. The Balaban J connectivity index is 2.49. The number of rotatable bonds is 2. The highest BCUT2D eigenvalue weighted by Gasteiger charge is 2.31. The van der Waals surface area contributed by atoms with Crippen LogP contribution in [0, 0.1) is 10.8 Å². The molecule has 0 saturated carbocycles. The number of amides is 1. The molecule has 0 aromatic rings. The molecule has 1 saturated heterocycles. The van der Waals surface area contributed by atoms with Gasteiger partial charge in [0.15, 0.2) is 0 Å². The predicted molar refractivity (Wildman–Crippen MR) is 76.5 cm³/mol. The molecular weight excluding hydrogens is 224 g/mol. The fourth-order valence-electron chi connectivity index (χ4n) is 2.25. The van der Waals surface area contributed by atoms with E-state index in [1.807, 2.05) is 25.7 Å². The first-order chi connectivity index (χ1) is 8.09. The summed E-state index contributed by atoms with van der Waals surface area (Å²) in [6.07, 6.45) is 2.30. The lowest BCUT2D eigenvalue weighted by molar-refractivity contribution is -0.140. The van der Waals surface area contributed by atoms with Gasteiger partial charge in [-0.05, 0) is 18.3 Å². The highest BCUT2D eigenvalue weighted by atomic mass is 16.2. The smallest absolute Gasteiger partial charge is 0.227 e. The van der Waals surface area contributed by atoms with Gasteiger partial charge in [-0.1, -0.05) is 41.5 Å². The minimum Gasteiger partial charge on any atom is -0.341 e. The van der Waals surface area contributed by atoms with E-state index in [0.29, 0.717) is 11.5 Å². The third kappa shape index (κ3) is 4.97. The average Bonchev–Trinajstić information content (AvgIpc) is 2.23. The van der Waals surface area contributed by atoms with Crippen LogP contribution < -0.4 is 5.32 Å². The van der Waals surface area contributed by atoms with Gasteiger partial charge >= 0.3 is 0 Å². The number of hydrogen-bond donors (Lipinski definition) is 1. The molecule has 18 heavy (non-hydrogen) atoms. The molecule has 1 rings (SSSR count). The van der Waals surface area contributed by atoms with E-state index in [9.17, 15) is 4.79 Å². The molecule has 1 fully saturated rings. The summed E-state index contributed by atoms with van der Waals surface area (Å²) in [6, 6.07) is 0.462. The zero-order valence-electron chi connectivity index (χ0n) is 13.0. The average molecular weight is 254 g/mol. The first-order valence-corrected chi connectivity index (χ1v) is 7.12. The van der Waals surface area contributed by atoms with Crippen LogP contribution in [0.5, 0.6) is 0 Å². The number of carbonyl (C=O) groups excluding carboxylic acids is 1. The Morgan fingerprint density at radius 2 is 1.83 bits per heavy atom. The van der Waals surface area contributed by atoms with Crippen LogP contribution in [0.3, 0.4) is 0 Å². The Hall–Kier alpha value is -0.570. The van der Waals surface area contributed by atoms with Gasteiger partial charge in [-0.3, -0.25) is 4.79 Å². The van der Waals surface area contributed by atoms with Crippen molar-refractivity contribution in [2.24, 2.45) is 10.8 Å². The summed E-state index contributed by atoms with van der Waals surface area (Å²) in [7, 11) is 0. The molecule has 0 radical (unpaired) electrons. The maximum atomic E-state index is 12.3. The van der Waals surface area contributed by atoms with Crippen LogP contribution in [0.1, 0.15) is 54.4 Å². The SMILES string of the molecule is CC(C)(C)CNC1CCCN(C(=O)C(C)(C)C)C1. The summed E-state index contributed by atoms with van der Waals surface area (Å²) < 4.78 is 0. The molecule has 3 nitrogen and oxygen atoms in total. The minimum absolute atomic E-state index is 0.258. The second-order valence-corrected chi connectivity index (χ2v) is 7.78. The molecule has 1 atom stereocenters. The lowest BCUT2D eigenvalue weighted by Gasteiger charge is -2.37. The van der Waals surface area contributed by atoms with Gasteiger partial charge in [-0.25, -0.2) is 0 Å². The monoisotopic (exact) mass is 254 g/mol. The molecule has 0 spiro atoms. The van der Waals surface area contributed by atoms with E-state index in [-0.39, 0.29) is 11.3 Å². The zero-order valence-corrected chi connectivity index (χ0v) is 13.0. The number of hydrogen-bond acceptors (Lipinski definition) is 2. The third-order valence-electron chi connectivity index (χ3n) is 3.27. The van der Waals surface area contributed by atoms with E-state index >= 15 is 0 Å². The van der Waals surface area contributed by atoms with Gasteiger partial charge in [0.1, 0.15) is 0 Å². The van der Waals surface area contributed by atoms with Crippen molar-refractivity contribution in [2.75, 3.05) is 19.6 Å². The molecular formula is C15H30N2O. The fraction of sp³-hybridized carbons (Fsp3) is 0.933. The molecule has 1 aliphatic heterocycles. The van der Waals surface area contributed by atoms with Crippen LogP contribution in [0.15, 0.2) is 0 Å². The maximum absolute atomic E-state index is 12.3. The number of nitrogens with one attached hydrogen (secondary N) is 1. The highest BCUT2D eigenvalue weighted by molar-refractivity contribution is 5.81. The number of likely N-dealkylation sites (tertiary alicyclic amines) is 1. The van der Waals surface area contributed by atoms with Gasteiger partial charge in [-0.15, -0.1) is 0 Å². The van der Waals surface area contributed by atoms with Crippen LogP contribution in [0.4, 0.5) is 0 Å². The summed E-state index contributed by atoms with van der Waals surface area (Å²) in [5, 5.41) is 3.60. The maximum Gasteiger partial charge on any atom is 0.227 e. The quantitative estimate of drug-likeness (QED) is 0.821. The molecule has 106 valence electrons. The predicted octanol–water partition coefficient (Wildman–Crippen LogP) is 2.66.